The van der Waals surface area contributed by atoms with Crippen molar-refractivity contribution in [1.29, 1.82) is 0 Å². The normalized spacial score (nSPS) is 10.1. The minimum Gasteiger partial charge on any atom is -0.506 e. The molecule has 0 saturated heterocycles. The molecule has 0 bridgehead atoms. The lowest BCUT2D eigenvalue weighted by atomic mass is 10.1. The van der Waals surface area contributed by atoms with Crippen molar-refractivity contribution in [3.8, 4) is 5.75 Å². The summed E-state index contributed by atoms with van der Waals surface area (Å²) in [4.78, 5) is 0. The van der Waals surface area contributed by atoms with E-state index in [-0.39, 0.29) is 12.4 Å². The lowest BCUT2D eigenvalue weighted by molar-refractivity contribution is 0.274. The molecule has 2 nitrogen and oxygen atoms in total. The maximum Gasteiger partial charge on any atom is 0.135 e. The fraction of sp³-hybridized carbons (Fsp3) is 0.250. The van der Waals surface area contributed by atoms with Gasteiger partial charge in [0.25, 0.3) is 0 Å². The van der Waals surface area contributed by atoms with Crippen molar-refractivity contribution in [2.45, 2.75) is 13.5 Å². The third-order valence-electron chi connectivity index (χ3n) is 1.63. The van der Waals surface area contributed by atoms with Gasteiger partial charge in [-0.15, -0.1) is 0 Å². The van der Waals surface area contributed by atoms with Crippen molar-refractivity contribution in [1.82, 2.24) is 0 Å². The number of aromatic hydroxyl groups is 1. The largest absolute Gasteiger partial charge is 0.506 e. The van der Waals surface area contributed by atoms with Crippen LogP contribution in [0.4, 0.5) is 0 Å². The van der Waals surface area contributed by atoms with E-state index in [0.717, 1.165) is 5.56 Å². The van der Waals surface area contributed by atoms with Crippen molar-refractivity contribution >= 4 is 15.9 Å². The second-order valence-electron chi connectivity index (χ2n) is 2.35. The number of benzene rings is 1. The van der Waals surface area contributed by atoms with Crippen LogP contribution in [0.2, 0.25) is 0 Å². The quantitative estimate of drug-likeness (QED) is 0.754. The number of rotatable bonds is 1. The number of halogens is 1. The first kappa shape index (κ1) is 8.56. The van der Waals surface area contributed by atoms with E-state index in [2.05, 4.69) is 15.9 Å². The Labute approximate surface area is 73.6 Å². The smallest absolute Gasteiger partial charge is 0.135 e. The number of hydrogen-bond donors (Lipinski definition) is 2. The number of hydrogen-bond acceptors (Lipinski definition) is 2. The van der Waals surface area contributed by atoms with Gasteiger partial charge < -0.3 is 10.2 Å². The first-order chi connectivity index (χ1) is 5.16. The lowest BCUT2D eigenvalue weighted by Gasteiger charge is -2.05. The average Bonchev–Trinajstić information content (AvgIpc) is 1.99. The summed E-state index contributed by atoms with van der Waals surface area (Å²) < 4.78 is 0.618. The SMILES string of the molecule is Cc1ccc(Br)c(O)c1CO. The van der Waals surface area contributed by atoms with Gasteiger partial charge in [-0.2, -0.15) is 0 Å². The van der Waals surface area contributed by atoms with Crippen LogP contribution in [0, 0.1) is 6.92 Å². The van der Waals surface area contributed by atoms with E-state index in [4.69, 9.17) is 5.11 Å². The van der Waals surface area contributed by atoms with Gasteiger partial charge in [0.1, 0.15) is 5.75 Å². The van der Waals surface area contributed by atoms with Gasteiger partial charge in [0.15, 0.2) is 0 Å². The molecular formula is C8H9BrO2. The van der Waals surface area contributed by atoms with Gasteiger partial charge >= 0.3 is 0 Å². The van der Waals surface area contributed by atoms with Gasteiger partial charge in [-0.05, 0) is 34.5 Å². The second-order valence-corrected chi connectivity index (χ2v) is 3.20. The van der Waals surface area contributed by atoms with Crippen LogP contribution in [0.5, 0.6) is 5.75 Å². The van der Waals surface area contributed by atoms with Crippen molar-refractivity contribution in [2.75, 3.05) is 0 Å². The Kier molecular flexibility index (Phi) is 2.52. The van der Waals surface area contributed by atoms with Crippen molar-refractivity contribution < 1.29 is 10.2 Å². The zero-order chi connectivity index (χ0) is 8.43. The maximum atomic E-state index is 9.37. The zero-order valence-corrected chi connectivity index (χ0v) is 7.72. The van der Waals surface area contributed by atoms with Gasteiger partial charge in [-0.25, -0.2) is 0 Å². The lowest BCUT2D eigenvalue weighted by Crippen LogP contribution is -1.89. The second kappa shape index (κ2) is 3.24. The summed E-state index contributed by atoms with van der Waals surface area (Å²) in [7, 11) is 0. The fourth-order valence-corrected chi connectivity index (χ4v) is 1.28. The molecule has 60 valence electrons. The molecule has 0 amide bonds. The third kappa shape index (κ3) is 1.54. The van der Waals surface area contributed by atoms with Gasteiger partial charge in [0, 0.05) is 5.56 Å². The third-order valence-corrected chi connectivity index (χ3v) is 2.27. The van der Waals surface area contributed by atoms with Gasteiger partial charge in [-0.3, -0.25) is 0 Å². The maximum absolute atomic E-state index is 9.37. The Morgan fingerprint density at radius 1 is 1.45 bits per heavy atom. The Bertz CT molecular complexity index is 271. The molecule has 0 spiro atoms. The Morgan fingerprint density at radius 2 is 2.09 bits per heavy atom. The topological polar surface area (TPSA) is 40.5 Å². The number of phenols is 1. The summed E-state index contributed by atoms with van der Waals surface area (Å²) in [6.07, 6.45) is 0. The van der Waals surface area contributed by atoms with Crippen molar-refractivity contribution in [3.05, 3.63) is 27.7 Å². The molecule has 0 fully saturated rings. The Hall–Kier alpha value is -0.540. The van der Waals surface area contributed by atoms with Crippen LogP contribution < -0.4 is 0 Å². The van der Waals surface area contributed by atoms with E-state index >= 15 is 0 Å². The highest BCUT2D eigenvalue weighted by atomic mass is 79.9. The molecule has 0 aliphatic rings. The van der Waals surface area contributed by atoms with Crippen LogP contribution in [-0.2, 0) is 6.61 Å². The summed E-state index contributed by atoms with van der Waals surface area (Å²) in [6, 6.07) is 3.60. The number of aliphatic hydroxyl groups is 1. The van der Waals surface area contributed by atoms with E-state index in [1.54, 1.807) is 6.07 Å². The Morgan fingerprint density at radius 3 is 2.55 bits per heavy atom. The van der Waals surface area contributed by atoms with Crippen molar-refractivity contribution in [2.24, 2.45) is 0 Å². The molecule has 0 aliphatic heterocycles. The van der Waals surface area contributed by atoms with Crippen LogP contribution >= 0.6 is 15.9 Å². The van der Waals surface area contributed by atoms with Crippen LogP contribution in [0.1, 0.15) is 11.1 Å². The monoisotopic (exact) mass is 216 g/mol. The summed E-state index contributed by atoms with van der Waals surface area (Å²) in [6.45, 7) is 1.72. The molecule has 0 radical (unpaired) electrons. The van der Waals surface area contributed by atoms with E-state index < -0.39 is 0 Å². The van der Waals surface area contributed by atoms with Crippen LogP contribution in [0.25, 0.3) is 0 Å². The van der Waals surface area contributed by atoms with Gasteiger partial charge in [0.2, 0.25) is 0 Å². The minimum atomic E-state index is -0.128. The highest BCUT2D eigenvalue weighted by Crippen LogP contribution is 2.29. The molecule has 3 heteroatoms. The zero-order valence-electron chi connectivity index (χ0n) is 6.13. The predicted octanol–water partition coefficient (Wildman–Crippen LogP) is 1.96. The van der Waals surface area contributed by atoms with Gasteiger partial charge in [-0.1, -0.05) is 6.07 Å². The predicted molar refractivity (Wildman–Crippen MR) is 46.5 cm³/mol. The molecule has 1 aromatic carbocycles. The summed E-state index contributed by atoms with van der Waals surface area (Å²) in [5.74, 6) is 0.132. The standard InChI is InChI=1S/C8H9BrO2/c1-5-2-3-7(9)8(11)6(5)4-10/h2-3,10-11H,4H2,1H3. The minimum absolute atomic E-state index is 0.128. The molecular weight excluding hydrogens is 208 g/mol. The van der Waals surface area contributed by atoms with E-state index in [1.165, 1.54) is 0 Å². The summed E-state index contributed by atoms with van der Waals surface area (Å²) in [5, 5.41) is 18.2. The van der Waals surface area contributed by atoms with Crippen LogP contribution in [0.15, 0.2) is 16.6 Å². The molecule has 0 heterocycles. The molecule has 1 rings (SSSR count). The molecule has 0 saturated carbocycles. The summed E-state index contributed by atoms with van der Waals surface area (Å²) in [5.41, 5.74) is 1.48. The van der Waals surface area contributed by atoms with Crippen molar-refractivity contribution in [3.63, 3.8) is 0 Å². The average molecular weight is 217 g/mol. The first-order valence-corrected chi connectivity index (χ1v) is 4.04. The highest BCUT2D eigenvalue weighted by molar-refractivity contribution is 9.10. The Balaban J connectivity index is 3.29. The molecule has 0 aliphatic carbocycles. The number of aliphatic hydroxyl groups excluding tert-OH is 1. The van der Waals surface area contributed by atoms with E-state index in [1.807, 2.05) is 13.0 Å². The van der Waals surface area contributed by atoms with Crippen LogP contribution in [-0.4, -0.2) is 10.2 Å². The fourth-order valence-electron chi connectivity index (χ4n) is 0.908. The molecule has 0 unspecified atom stereocenters. The van der Waals surface area contributed by atoms with Crippen LogP contribution in [0.3, 0.4) is 0 Å². The van der Waals surface area contributed by atoms with Gasteiger partial charge in [0.05, 0.1) is 11.1 Å². The molecule has 11 heavy (non-hydrogen) atoms. The molecule has 0 aromatic heterocycles. The highest BCUT2D eigenvalue weighted by Gasteiger charge is 2.06. The first-order valence-electron chi connectivity index (χ1n) is 3.24. The number of aryl methyl sites for hydroxylation is 1. The van der Waals surface area contributed by atoms with E-state index in [0.29, 0.717) is 10.0 Å². The summed E-state index contributed by atoms with van der Waals surface area (Å²) >= 11 is 3.16. The molecule has 0 atom stereocenters. The van der Waals surface area contributed by atoms with E-state index in [9.17, 15) is 5.11 Å². The molecule has 1 aromatic rings. The molecule has 2 N–H and O–H groups in total.